The molecule has 1 atom stereocenters. The Hall–Kier alpha value is -1.61. The van der Waals surface area contributed by atoms with Gasteiger partial charge in [-0.05, 0) is 5.56 Å². The van der Waals surface area contributed by atoms with E-state index in [1.165, 1.54) is 5.56 Å². The number of rotatable bonds is 4. The predicted molar refractivity (Wildman–Crippen MR) is 69.4 cm³/mol. The molecule has 0 aliphatic heterocycles. The number of hydrogen-bond donors (Lipinski definition) is 0. The number of halogens is 1. The van der Waals surface area contributed by atoms with Crippen LogP contribution in [0, 0.1) is 0 Å². The second kappa shape index (κ2) is 6.97. The summed E-state index contributed by atoms with van der Waals surface area (Å²) in [6.45, 7) is 0. The zero-order chi connectivity index (χ0) is 12.1. The lowest BCUT2D eigenvalue weighted by Gasteiger charge is -2.09. The first-order valence-corrected chi connectivity index (χ1v) is 5.77. The van der Waals surface area contributed by atoms with Crippen LogP contribution in [0.25, 0.3) is 0 Å². The van der Waals surface area contributed by atoms with Gasteiger partial charge in [0.05, 0.1) is 0 Å². The van der Waals surface area contributed by atoms with E-state index in [0.29, 0.717) is 0 Å². The first kappa shape index (κ1) is 14.5. The largest absolute Gasteiger partial charge is 1.00 e. The fourth-order valence-corrected chi connectivity index (χ4v) is 1.92. The Labute approximate surface area is 114 Å². The van der Waals surface area contributed by atoms with Crippen molar-refractivity contribution in [1.82, 2.24) is 0 Å². The van der Waals surface area contributed by atoms with Crippen LogP contribution in [0.5, 0.6) is 0 Å². The molecule has 1 heterocycles. The average Bonchev–Trinajstić information content (AvgIpc) is 2.38. The molecule has 2 rings (SSSR count). The van der Waals surface area contributed by atoms with Gasteiger partial charge in [0.15, 0.2) is 20.2 Å². The molecule has 0 aliphatic carbocycles. The lowest BCUT2D eigenvalue weighted by Crippen LogP contribution is -3.00. The molecule has 1 unspecified atom stereocenters. The summed E-state index contributed by atoms with van der Waals surface area (Å²) in [6, 6.07) is 15.8. The molecule has 0 bridgehead atoms. The van der Waals surface area contributed by atoms with Gasteiger partial charge >= 0.3 is 0 Å². The molecule has 2 nitrogen and oxygen atoms in total. The van der Waals surface area contributed by atoms with Crippen molar-refractivity contribution in [3.05, 3.63) is 66.5 Å². The zero-order valence-corrected chi connectivity index (χ0v) is 11.0. The first-order chi connectivity index (χ1) is 8.27. The summed E-state index contributed by atoms with van der Waals surface area (Å²) >= 11 is 0. The molecular weight excluding hydrogens is 244 g/mol. The van der Waals surface area contributed by atoms with E-state index in [0.717, 1.165) is 6.42 Å². The van der Waals surface area contributed by atoms with Crippen LogP contribution in [-0.4, -0.2) is 13.5 Å². The molecule has 4 heteroatoms. The van der Waals surface area contributed by atoms with E-state index in [-0.39, 0.29) is 24.1 Å². The fourth-order valence-electron chi connectivity index (χ4n) is 1.92. The Kier molecular flexibility index (Phi) is 5.60. The van der Waals surface area contributed by atoms with Crippen LogP contribution in [0.2, 0.25) is 0 Å². The summed E-state index contributed by atoms with van der Waals surface area (Å²) in [6.07, 6.45) is 4.62. The maximum atomic E-state index is 11.7. The van der Waals surface area contributed by atoms with Gasteiger partial charge in [-0.1, -0.05) is 36.4 Å². The van der Waals surface area contributed by atoms with Crippen LogP contribution >= 0.6 is 0 Å². The Morgan fingerprint density at radius 1 is 1.06 bits per heavy atom. The van der Waals surface area contributed by atoms with Crippen LogP contribution in [0.4, 0.5) is 0 Å². The molecule has 0 fully saturated rings. The highest BCUT2D eigenvalue weighted by atomic mass is 35.5. The summed E-state index contributed by atoms with van der Waals surface area (Å²) in [7, 11) is 1.65. The van der Waals surface area contributed by atoms with E-state index in [9.17, 15) is 4.79 Å². The second-order valence-electron chi connectivity index (χ2n) is 4.14. The van der Waals surface area contributed by atoms with Crippen molar-refractivity contribution in [2.45, 2.75) is 12.5 Å². The highest BCUT2D eigenvalue weighted by Crippen LogP contribution is 2.08. The number of benzene rings is 1. The number of carbonyl (C=O) groups excluding carboxylic acids is 1. The molecule has 0 amide bonds. The quantitative estimate of drug-likeness (QED) is 0.456. The van der Waals surface area contributed by atoms with Crippen molar-refractivity contribution in [2.24, 2.45) is 0 Å². The standard InChI is InChI=1S/C14H15BNO.ClH/c15-14(17)13(16-9-5-2-6-10-16)11-12-7-3-1-4-8-12;/h1-10,13H,11,15H2;1H/q+1;/p-1. The maximum Gasteiger partial charge on any atom is 0.210 e. The average molecular weight is 260 g/mol. The predicted octanol–water partition coefficient (Wildman–Crippen LogP) is -2.08. The minimum atomic E-state index is -0.112. The SMILES string of the molecule is BC(=O)C(Cc1ccccc1)[n+]1ccccc1.[Cl-]. The van der Waals surface area contributed by atoms with Gasteiger partial charge in [0, 0.05) is 18.6 Å². The monoisotopic (exact) mass is 259 g/mol. The van der Waals surface area contributed by atoms with Crippen LogP contribution < -0.4 is 17.0 Å². The first-order valence-electron chi connectivity index (χ1n) is 5.77. The second-order valence-corrected chi connectivity index (χ2v) is 4.14. The van der Waals surface area contributed by atoms with E-state index < -0.39 is 0 Å². The Morgan fingerprint density at radius 2 is 1.61 bits per heavy atom. The number of carbonyl (C=O) groups is 1. The Balaban J connectivity index is 0.00000162. The van der Waals surface area contributed by atoms with Crippen LogP contribution in [-0.2, 0) is 11.2 Å². The normalized spacial score (nSPS) is 11.3. The van der Waals surface area contributed by atoms with Crippen molar-refractivity contribution in [2.75, 3.05) is 0 Å². The Morgan fingerprint density at radius 3 is 2.17 bits per heavy atom. The molecule has 0 radical (unpaired) electrons. The summed E-state index contributed by atoms with van der Waals surface area (Å²) < 4.78 is 1.97. The third-order valence-corrected chi connectivity index (χ3v) is 2.84. The lowest BCUT2D eigenvalue weighted by molar-refractivity contribution is -0.708. The third-order valence-electron chi connectivity index (χ3n) is 2.84. The molecule has 0 saturated carbocycles. The molecule has 0 saturated heterocycles. The van der Waals surface area contributed by atoms with Gasteiger partial charge in [0.1, 0.15) is 5.68 Å². The maximum absolute atomic E-state index is 11.7. The van der Waals surface area contributed by atoms with E-state index in [1.807, 2.05) is 53.4 Å². The van der Waals surface area contributed by atoms with Crippen molar-refractivity contribution in [3.8, 4) is 0 Å². The van der Waals surface area contributed by atoms with E-state index in [1.54, 1.807) is 7.85 Å². The summed E-state index contributed by atoms with van der Waals surface area (Å²) in [5.41, 5.74) is 1.37. The molecule has 0 aliphatic rings. The smallest absolute Gasteiger partial charge is 0.210 e. The number of hydrogen-bond acceptors (Lipinski definition) is 1. The number of aromatic nitrogens is 1. The van der Waals surface area contributed by atoms with Crippen LogP contribution in [0.15, 0.2) is 60.9 Å². The van der Waals surface area contributed by atoms with Crippen LogP contribution in [0.1, 0.15) is 11.6 Å². The van der Waals surface area contributed by atoms with Gasteiger partial charge in [-0.15, -0.1) is 0 Å². The molecule has 2 aromatic rings. The van der Waals surface area contributed by atoms with Crippen molar-refractivity contribution < 1.29 is 21.8 Å². The van der Waals surface area contributed by atoms with Crippen molar-refractivity contribution >= 4 is 13.5 Å². The summed E-state index contributed by atoms with van der Waals surface area (Å²) in [5.74, 6) is 0. The lowest BCUT2D eigenvalue weighted by atomic mass is 9.90. The zero-order valence-electron chi connectivity index (χ0n) is 10.3. The van der Waals surface area contributed by atoms with Gasteiger partial charge in [0.2, 0.25) is 6.04 Å². The topological polar surface area (TPSA) is 20.9 Å². The fraction of sp³-hybridized carbons (Fsp3) is 0.143. The van der Waals surface area contributed by atoms with Gasteiger partial charge < -0.3 is 17.2 Å². The molecule has 1 aromatic heterocycles. The van der Waals surface area contributed by atoms with Crippen molar-refractivity contribution in [1.29, 1.82) is 0 Å². The van der Waals surface area contributed by atoms with Crippen LogP contribution in [0.3, 0.4) is 0 Å². The highest BCUT2D eigenvalue weighted by Gasteiger charge is 2.22. The number of pyridine rings is 1. The Bertz CT molecular complexity index is 490. The number of nitrogens with zero attached hydrogens (tertiary/aromatic N) is 1. The molecule has 0 spiro atoms. The minimum Gasteiger partial charge on any atom is -1.00 e. The molecule has 92 valence electrons. The van der Waals surface area contributed by atoms with Gasteiger partial charge in [-0.2, -0.15) is 4.57 Å². The summed E-state index contributed by atoms with van der Waals surface area (Å²) in [5, 5.41) is 0. The van der Waals surface area contributed by atoms with E-state index in [2.05, 4.69) is 12.1 Å². The van der Waals surface area contributed by atoms with Gasteiger partial charge in [-0.25, -0.2) is 0 Å². The highest BCUT2D eigenvalue weighted by molar-refractivity contribution is 6.58. The molecule has 18 heavy (non-hydrogen) atoms. The van der Waals surface area contributed by atoms with Gasteiger partial charge in [0.25, 0.3) is 0 Å². The molecule has 0 N–H and O–H groups in total. The summed E-state index contributed by atoms with van der Waals surface area (Å²) in [4.78, 5) is 11.7. The van der Waals surface area contributed by atoms with E-state index >= 15 is 0 Å². The minimum absolute atomic E-state index is 0. The van der Waals surface area contributed by atoms with Gasteiger partial charge in [-0.3, -0.25) is 0 Å². The van der Waals surface area contributed by atoms with E-state index in [4.69, 9.17) is 0 Å². The molecular formula is C14H15BClNO. The third kappa shape index (κ3) is 3.71. The molecule has 1 aromatic carbocycles. The van der Waals surface area contributed by atoms with Crippen molar-refractivity contribution in [3.63, 3.8) is 0 Å².